The van der Waals surface area contributed by atoms with Crippen LogP contribution in [0.3, 0.4) is 0 Å². The predicted molar refractivity (Wildman–Crippen MR) is 59.3 cm³/mol. The summed E-state index contributed by atoms with van der Waals surface area (Å²) in [5.74, 6) is -41.8. The highest BCUT2D eigenvalue weighted by Gasteiger charge is 2.94. The molecule has 5 nitrogen and oxygen atoms in total. The van der Waals surface area contributed by atoms with Gasteiger partial charge in [-0.05, 0) is 5.06 Å². The van der Waals surface area contributed by atoms with Gasteiger partial charge in [-0.2, -0.15) is 65.9 Å². The van der Waals surface area contributed by atoms with E-state index in [-0.39, 0.29) is 13.8 Å². The number of rotatable bonds is 8. The molecular formula is C10H6F15N2O3. The molecule has 0 aliphatic heterocycles. The largest absolute Gasteiger partial charge is 0.460 e. The Balaban J connectivity index is 6.74. The van der Waals surface area contributed by atoms with Gasteiger partial charge >= 0.3 is 47.5 Å². The Kier molecular flexibility index (Phi) is 6.49. The number of hydrogen-bond donors (Lipinski definition) is 0. The van der Waals surface area contributed by atoms with Crippen LogP contribution in [0.15, 0.2) is 0 Å². The molecule has 1 radical (unpaired) electrons. The van der Waals surface area contributed by atoms with Crippen molar-refractivity contribution in [3.63, 3.8) is 0 Å². The number of hydroxylamine groups is 2. The number of hydrogen-bond acceptors (Lipinski definition) is 3. The molecule has 0 aromatic rings. The van der Waals surface area contributed by atoms with Crippen molar-refractivity contribution in [1.82, 2.24) is 5.06 Å². The van der Waals surface area contributed by atoms with E-state index in [1.54, 1.807) is 0 Å². The molecule has 0 aliphatic carbocycles. The number of halogens is 15. The SMILES string of the molecule is CC(C)(N([O])C(F)(F)C(F)(F)C(F)(F)C(F)(F)C(F)(F)C(F)(F)C(F)(F)F)[N+](=O)[O-]. The Bertz CT molecular complexity index is 672. The van der Waals surface area contributed by atoms with Crippen molar-refractivity contribution in [3.05, 3.63) is 10.1 Å². The first-order valence-electron chi connectivity index (χ1n) is 6.55. The molecule has 0 unspecified atom stereocenters. The maximum atomic E-state index is 13.5. The van der Waals surface area contributed by atoms with Crippen LogP contribution in [0.25, 0.3) is 0 Å². The highest BCUT2D eigenvalue weighted by molar-refractivity contribution is 5.12. The van der Waals surface area contributed by atoms with E-state index in [1.165, 1.54) is 0 Å². The van der Waals surface area contributed by atoms with E-state index in [2.05, 4.69) is 0 Å². The van der Waals surface area contributed by atoms with Crippen molar-refractivity contribution < 1.29 is 76.0 Å². The second-order valence-corrected chi connectivity index (χ2v) is 5.96. The molecule has 0 atom stereocenters. The first-order chi connectivity index (χ1) is 12.6. The quantitative estimate of drug-likeness (QED) is 0.160. The molecule has 20 heteroatoms. The van der Waals surface area contributed by atoms with Crippen molar-refractivity contribution in [2.24, 2.45) is 0 Å². The summed E-state index contributed by atoms with van der Waals surface area (Å²) in [6.45, 7) is -0.542. The Morgan fingerprint density at radius 3 is 1.13 bits per heavy atom. The fraction of sp³-hybridized carbons (Fsp3) is 1.00. The van der Waals surface area contributed by atoms with Gasteiger partial charge in [0.05, 0.1) is 0 Å². The molecule has 179 valence electrons. The summed E-state index contributed by atoms with van der Waals surface area (Å²) in [4.78, 5) is 8.24. The van der Waals surface area contributed by atoms with Gasteiger partial charge in [-0.15, -0.1) is 5.21 Å². The third kappa shape index (κ3) is 3.40. The normalized spacial score (nSPS) is 16.2. The van der Waals surface area contributed by atoms with E-state index in [0.717, 1.165) is 0 Å². The van der Waals surface area contributed by atoms with Crippen molar-refractivity contribution in [1.29, 1.82) is 0 Å². The average Bonchev–Trinajstić information content (AvgIpc) is 2.51. The van der Waals surface area contributed by atoms with Crippen LogP contribution in [-0.4, -0.2) is 57.5 Å². The topological polar surface area (TPSA) is 66.3 Å². The summed E-state index contributed by atoms with van der Waals surface area (Å²) < 4.78 is 194. The van der Waals surface area contributed by atoms with E-state index in [1.807, 2.05) is 0 Å². The van der Waals surface area contributed by atoms with Gasteiger partial charge in [-0.3, -0.25) is 10.1 Å². The molecule has 0 saturated heterocycles. The Morgan fingerprint density at radius 2 is 0.867 bits per heavy atom. The van der Waals surface area contributed by atoms with Crippen LogP contribution in [0.4, 0.5) is 65.9 Å². The van der Waals surface area contributed by atoms with Gasteiger partial charge in [-0.25, -0.2) is 0 Å². The van der Waals surface area contributed by atoms with Crippen LogP contribution in [0.5, 0.6) is 0 Å². The van der Waals surface area contributed by atoms with Gasteiger partial charge in [-0.1, -0.05) is 0 Å². The van der Waals surface area contributed by atoms with Crippen molar-refractivity contribution in [3.8, 4) is 0 Å². The summed E-state index contributed by atoms with van der Waals surface area (Å²) in [5.41, 5.74) is -4.03. The minimum Gasteiger partial charge on any atom is -0.262 e. The van der Waals surface area contributed by atoms with E-state index in [4.69, 9.17) is 0 Å². The zero-order chi connectivity index (χ0) is 25.2. The highest BCUT2D eigenvalue weighted by atomic mass is 19.4. The first-order valence-corrected chi connectivity index (χ1v) is 6.55. The lowest BCUT2D eigenvalue weighted by Crippen LogP contribution is -2.75. The Morgan fingerprint density at radius 1 is 0.600 bits per heavy atom. The first kappa shape index (κ1) is 28.3. The minimum absolute atomic E-state index is 0.271. The van der Waals surface area contributed by atoms with E-state index in [0.29, 0.717) is 0 Å². The molecule has 0 heterocycles. The minimum atomic E-state index is -8.58. The van der Waals surface area contributed by atoms with Gasteiger partial charge in [0.2, 0.25) is 0 Å². The monoisotopic (exact) mass is 487 g/mol. The van der Waals surface area contributed by atoms with Crippen LogP contribution in [0.2, 0.25) is 0 Å². The smallest absolute Gasteiger partial charge is 0.262 e. The number of nitrogens with zero attached hydrogens (tertiary/aromatic N) is 2. The summed E-state index contributed by atoms with van der Waals surface area (Å²) >= 11 is 0. The summed E-state index contributed by atoms with van der Waals surface area (Å²) in [6, 6.07) is -7.40. The highest BCUT2D eigenvalue weighted by Crippen LogP contribution is 2.62. The van der Waals surface area contributed by atoms with Crippen LogP contribution >= 0.6 is 0 Å². The van der Waals surface area contributed by atoms with Gasteiger partial charge in [0.1, 0.15) is 0 Å². The third-order valence-electron chi connectivity index (χ3n) is 3.51. The van der Waals surface area contributed by atoms with E-state index >= 15 is 0 Å². The molecule has 0 rings (SSSR count). The molecule has 0 spiro atoms. The van der Waals surface area contributed by atoms with Crippen LogP contribution in [-0.2, 0) is 5.21 Å². The summed E-state index contributed by atoms with van der Waals surface area (Å²) in [5, 5.41) is 18.7. The maximum Gasteiger partial charge on any atom is 0.460 e. The Hall–Kier alpha value is -1.73. The predicted octanol–water partition coefficient (Wildman–Crippen LogP) is 4.98. The van der Waals surface area contributed by atoms with Gasteiger partial charge in [0.15, 0.2) is 0 Å². The summed E-state index contributed by atoms with van der Waals surface area (Å²) in [7, 11) is 0. The van der Waals surface area contributed by atoms with Crippen molar-refractivity contribution >= 4 is 0 Å². The third-order valence-corrected chi connectivity index (χ3v) is 3.51. The lowest BCUT2D eigenvalue weighted by Gasteiger charge is -2.42. The molecule has 0 fully saturated rings. The van der Waals surface area contributed by atoms with Crippen molar-refractivity contribution in [2.45, 2.75) is 61.3 Å². The molecule has 0 amide bonds. The van der Waals surface area contributed by atoms with Gasteiger partial charge in [0, 0.05) is 18.8 Å². The number of nitro groups is 1. The van der Waals surface area contributed by atoms with Crippen molar-refractivity contribution in [2.75, 3.05) is 0 Å². The second kappa shape index (κ2) is 6.89. The maximum absolute atomic E-state index is 13.5. The average molecular weight is 487 g/mol. The molecule has 0 saturated carbocycles. The second-order valence-electron chi connectivity index (χ2n) is 5.96. The fourth-order valence-electron chi connectivity index (χ4n) is 1.50. The van der Waals surface area contributed by atoms with Gasteiger partial charge in [0.25, 0.3) is 0 Å². The Labute approximate surface area is 154 Å². The van der Waals surface area contributed by atoms with Gasteiger partial charge < -0.3 is 0 Å². The lowest BCUT2D eigenvalue weighted by atomic mass is 9.92. The molecule has 0 bridgehead atoms. The molecule has 30 heavy (non-hydrogen) atoms. The van der Waals surface area contributed by atoms with E-state index in [9.17, 15) is 81.2 Å². The zero-order valence-electron chi connectivity index (χ0n) is 13.8. The van der Waals surface area contributed by atoms with Crippen LogP contribution in [0.1, 0.15) is 13.8 Å². The molecule has 0 aromatic heterocycles. The lowest BCUT2D eigenvalue weighted by molar-refractivity contribution is -0.649. The van der Waals surface area contributed by atoms with E-state index < -0.39 is 57.5 Å². The molecule has 0 aromatic carbocycles. The summed E-state index contributed by atoms with van der Waals surface area (Å²) in [6.07, 6.45) is -7.76. The molecule has 0 aliphatic rings. The van der Waals surface area contributed by atoms with Crippen LogP contribution < -0.4 is 0 Å². The zero-order valence-corrected chi connectivity index (χ0v) is 13.8. The molecular weight excluding hydrogens is 481 g/mol. The fourth-order valence-corrected chi connectivity index (χ4v) is 1.50. The number of alkyl halides is 15. The molecule has 0 N–H and O–H groups in total. The van der Waals surface area contributed by atoms with Crippen LogP contribution in [0, 0.1) is 10.1 Å². The standard InChI is InChI=1S/C10H6F15N2O3/c1-3(2,27(29)30)26(28)10(24,25)8(19,20)6(15,16)4(11,12)5(13,14)7(17,18)9(21,22)23/h1-2H3.